The summed E-state index contributed by atoms with van der Waals surface area (Å²) in [5, 5.41) is 2.89. The second kappa shape index (κ2) is 9.84. The van der Waals surface area contributed by atoms with E-state index in [2.05, 4.69) is 5.32 Å². The van der Waals surface area contributed by atoms with Crippen LogP contribution in [-0.2, 0) is 17.1 Å². The summed E-state index contributed by atoms with van der Waals surface area (Å²) < 4.78 is 30.8. The minimum Gasteiger partial charge on any atom is -0.352 e. The van der Waals surface area contributed by atoms with Crippen molar-refractivity contribution in [3.05, 3.63) is 75.2 Å². The van der Waals surface area contributed by atoms with Gasteiger partial charge in [0.2, 0.25) is 0 Å². The van der Waals surface area contributed by atoms with Crippen LogP contribution >= 0.6 is 11.6 Å². The highest BCUT2D eigenvalue weighted by Gasteiger charge is 2.29. The molecule has 1 amide bonds. The zero-order valence-electron chi connectivity index (χ0n) is 19.0. The number of rotatable bonds is 8. The van der Waals surface area contributed by atoms with Crippen LogP contribution in [0.1, 0.15) is 35.8 Å². The van der Waals surface area contributed by atoms with Crippen LogP contribution in [0.4, 0.5) is 5.69 Å². The molecule has 0 atom stereocenters. The van der Waals surface area contributed by atoms with Crippen LogP contribution in [0, 0.1) is 6.92 Å². The fourth-order valence-electron chi connectivity index (χ4n) is 3.51. The topological polar surface area (TPSA) is 93.4 Å². The van der Waals surface area contributed by atoms with Gasteiger partial charge in [-0.15, -0.1) is 0 Å². The van der Waals surface area contributed by atoms with Gasteiger partial charge >= 0.3 is 0 Å². The van der Waals surface area contributed by atoms with Crippen LogP contribution in [-0.4, -0.2) is 37.3 Å². The minimum atomic E-state index is -4.15. The molecule has 0 fully saturated rings. The molecule has 1 aromatic heterocycles. The smallest absolute Gasteiger partial charge is 0.296 e. The molecule has 33 heavy (non-hydrogen) atoms. The van der Waals surface area contributed by atoms with Crippen LogP contribution < -0.4 is 15.2 Å². The normalized spacial score (nSPS) is 11.4. The van der Waals surface area contributed by atoms with E-state index in [1.54, 1.807) is 42.9 Å². The van der Waals surface area contributed by atoms with Crippen LogP contribution in [0.25, 0.3) is 5.69 Å². The highest BCUT2D eigenvalue weighted by molar-refractivity contribution is 7.92. The van der Waals surface area contributed by atoms with Crippen LogP contribution in [0.15, 0.2) is 58.2 Å². The van der Waals surface area contributed by atoms with Crippen molar-refractivity contribution in [1.82, 2.24) is 14.7 Å². The zero-order valence-corrected chi connectivity index (χ0v) is 20.6. The molecular formula is C23H27ClN4O4S. The number of sulfonamides is 1. The average molecular weight is 491 g/mol. The number of hydrogen-bond acceptors (Lipinski definition) is 4. The maximum atomic E-state index is 13.4. The van der Waals surface area contributed by atoms with Gasteiger partial charge in [0.05, 0.1) is 26.9 Å². The molecule has 0 saturated heterocycles. The number of para-hydroxylation sites is 1. The van der Waals surface area contributed by atoms with Crippen molar-refractivity contribution >= 4 is 33.2 Å². The molecule has 0 saturated carbocycles. The first-order valence-electron chi connectivity index (χ1n) is 10.5. The van der Waals surface area contributed by atoms with Gasteiger partial charge in [0.1, 0.15) is 5.69 Å². The summed E-state index contributed by atoms with van der Waals surface area (Å²) in [5.74, 6) is -0.449. The van der Waals surface area contributed by atoms with E-state index >= 15 is 0 Å². The molecule has 8 nitrogen and oxygen atoms in total. The van der Waals surface area contributed by atoms with Crippen molar-refractivity contribution in [2.45, 2.75) is 31.6 Å². The van der Waals surface area contributed by atoms with E-state index in [0.717, 1.165) is 17.1 Å². The Morgan fingerprint density at radius 3 is 2.45 bits per heavy atom. The van der Waals surface area contributed by atoms with Crippen LogP contribution in [0.5, 0.6) is 0 Å². The first-order valence-corrected chi connectivity index (χ1v) is 12.3. The van der Waals surface area contributed by atoms with Crippen molar-refractivity contribution in [2.24, 2.45) is 7.05 Å². The number of nitrogens with zero attached hydrogens (tertiary/aromatic N) is 3. The van der Waals surface area contributed by atoms with Crippen molar-refractivity contribution in [3.8, 4) is 5.69 Å². The largest absolute Gasteiger partial charge is 0.352 e. The predicted molar refractivity (Wildman–Crippen MR) is 130 cm³/mol. The first-order chi connectivity index (χ1) is 15.6. The zero-order chi connectivity index (χ0) is 24.3. The van der Waals surface area contributed by atoms with Gasteiger partial charge in [-0.05, 0) is 43.7 Å². The predicted octanol–water partition coefficient (Wildman–Crippen LogP) is 3.49. The number of anilines is 1. The number of amides is 1. The molecule has 3 aromatic rings. The number of carbonyl (C=O) groups excluding carboxylic acids is 1. The third-order valence-electron chi connectivity index (χ3n) is 5.50. The molecule has 0 unspecified atom stereocenters. The van der Waals surface area contributed by atoms with Gasteiger partial charge in [-0.1, -0.05) is 43.1 Å². The van der Waals surface area contributed by atoms with Gasteiger partial charge in [-0.25, -0.2) is 13.1 Å². The van der Waals surface area contributed by atoms with Gasteiger partial charge < -0.3 is 5.32 Å². The van der Waals surface area contributed by atoms with E-state index in [1.165, 1.54) is 29.9 Å². The second-order valence-electron chi connectivity index (χ2n) is 7.63. The van der Waals surface area contributed by atoms with Crippen molar-refractivity contribution < 1.29 is 13.2 Å². The summed E-state index contributed by atoms with van der Waals surface area (Å²) in [6.07, 6.45) is 1.70. The van der Waals surface area contributed by atoms with Crippen molar-refractivity contribution in [3.63, 3.8) is 0 Å². The molecule has 0 aliphatic rings. The Bertz CT molecular complexity index is 1330. The number of unbranched alkanes of at least 4 members (excludes halogenated alkanes) is 1. The van der Waals surface area contributed by atoms with E-state index in [0.29, 0.717) is 17.9 Å². The van der Waals surface area contributed by atoms with Gasteiger partial charge in [0.25, 0.3) is 21.5 Å². The monoisotopic (exact) mass is 490 g/mol. The summed E-state index contributed by atoms with van der Waals surface area (Å²) in [6, 6.07) is 12.9. The molecule has 0 aliphatic heterocycles. The molecule has 3 rings (SSSR count). The molecule has 176 valence electrons. The lowest BCUT2D eigenvalue weighted by Gasteiger charge is -2.19. The molecule has 0 aliphatic carbocycles. The molecule has 0 spiro atoms. The Kier molecular flexibility index (Phi) is 7.34. The van der Waals surface area contributed by atoms with Crippen molar-refractivity contribution in [1.29, 1.82) is 0 Å². The third-order valence-corrected chi connectivity index (χ3v) is 7.58. The first kappa shape index (κ1) is 24.6. The Balaban J connectivity index is 2.04. The molecule has 0 radical (unpaired) electrons. The van der Waals surface area contributed by atoms with E-state index in [4.69, 9.17) is 11.6 Å². The quantitative estimate of drug-likeness (QED) is 0.489. The standard InChI is InChI=1S/C23H27ClN4O4S/c1-5-6-14-25-22(29)19-15-18(12-13-20(19)24)33(31,32)27(4)21-16(2)26(3)28(23(21)30)17-10-8-7-9-11-17/h7-13,15H,5-6,14H2,1-4H3,(H,25,29). The van der Waals surface area contributed by atoms with Gasteiger partial charge in [0.15, 0.2) is 0 Å². The molecule has 0 bridgehead atoms. The number of nitrogens with one attached hydrogen (secondary N) is 1. The van der Waals surface area contributed by atoms with Crippen LogP contribution in [0.3, 0.4) is 0 Å². The second-order valence-corrected chi connectivity index (χ2v) is 10.0. The Labute approximate surface area is 198 Å². The molecule has 1 heterocycles. The number of benzene rings is 2. The van der Waals surface area contributed by atoms with Gasteiger partial charge in [0, 0.05) is 20.6 Å². The fraction of sp³-hybridized carbons (Fsp3) is 0.304. The minimum absolute atomic E-state index is 0.0188. The summed E-state index contributed by atoms with van der Waals surface area (Å²) in [6.45, 7) is 4.14. The summed E-state index contributed by atoms with van der Waals surface area (Å²) in [5.41, 5.74) is 0.696. The van der Waals surface area contributed by atoms with E-state index in [1.807, 2.05) is 13.0 Å². The summed E-state index contributed by atoms with van der Waals surface area (Å²) in [4.78, 5) is 25.6. The lowest BCUT2D eigenvalue weighted by atomic mass is 10.2. The number of aromatic nitrogens is 2. The number of hydrogen-bond donors (Lipinski definition) is 1. The summed E-state index contributed by atoms with van der Waals surface area (Å²) in [7, 11) is -1.14. The van der Waals surface area contributed by atoms with Crippen LogP contribution in [0.2, 0.25) is 5.02 Å². The van der Waals surface area contributed by atoms with E-state index in [9.17, 15) is 18.0 Å². The molecular weight excluding hydrogens is 464 g/mol. The number of carbonyl (C=O) groups is 1. The summed E-state index contributed by atoms with van der Waals surface area (Å²) >= 11 is 6.17. The Hall–Kier alpha value is -3.04. The van der Waals surface area contributed by atoms with Gasteiger partial charge in [-0.2, -0.15) is 0 Å². The Morgan fingerprint density at radius 2 is 1.82 bits per heavy atom. The van der Waals surface area contributed by atoms with E-state index < -0.39 is 21.5 Å². The molecule has 10 heteroatoms. The lowest BCUT2D eigenvalue weighted by Crippen LogP contribution is -2.32. The SMILES string of the molecule is CCCCNC(=O)c1cc(S(=O)(=O)N(C)c2c(C)n(C)n(-c3ccccc3)c2=O)ccc1Cl. The molecule has 1 N–H and O–H groups in total. The maximum Gasteiger partial charge on any atom is 0.296 e. The highest BCUT2D eigenvalue weighted by Crippen LogP contribution is 2.26. The maximum absolute atomic E-state index is 13.4. The molecule has 2 aromatic carbocycles. The lowest BCUT2D eigenvalue weighted by molar-refractivity contribution is 0.0953. The Morgan fingerprint density at radius 1 is 1.15 bits per heavy atom. The van der Waals surface area contributed by atoms with E-state index in [-0.39, 0.29) is 21.2 Å². The average Bonchev–Trinajstić information content (AvgIpc) is 3.02. The van der Waals surface area contributed by atoms with Crippen molar-refractivity contribution in [2.75, 3.05) is 17.9 Å². The third kappa shape index (κ3) is 4.69. The number of halogens is 1. The highest BCUT2D eigenvalue weighted by atomic mass is 35.5. The van der Waals surface area contributed by atoms with Gasteiger partial charge in [-0.3, -0.25) is 18.6 Å². The fourth-order valence-corrected chi connectivity index (χ4v) is 4.98.